The molecular formula is C10H13ClN2O2. The van der Waals surface area contributed by atoms with Gasteiger partial charge < -0.3 is 4.74 Å². The Morgan fingerprint density at radius 2 is 2.20 bits per heavy atom. The standard InChI is InChI=1S/C10H13ClN2O2/c1-4-15-10(14)8-5-7(6(2)3)9(11)13-12-8/h5-6H,4H2,1-3H3. The largest absolute Gasteiger partial charge is 0.461 e. The Balaban J connectivity index is 3.02. The molecule has 0 atom stereocenters. The fraction of sp³-hybridized carbons (Fsp3) is 0.500. The van der Waals surface area contributed by atoms with Crippen LogP contribution in [0.4, 0.5) is 0 Å². The fourth-order valence-electron chi connectivity index (χ4n) is 1.10. The van der Waals surface area contributed by atoms with E-state index in [1.165, 1.54) is 0 Å². The molecule has 0 amide bonds. The van der Waals surface area contributed by atoms with Crippen molar-refractivity contribution in [2.75, 3.05) is 6.61 Å². The van der Waals surface area contributed by atoms with Crippen LogP contribution < -0.4 is 0 Å². The summed E-state index contributed by atoms with van der Waals surface area (Å²) in [5, 5.41) is 7.73. The van der Waals surface area contributed by atoms with E-state index in [1.807, 2.05) is 13.8 Å². The molecule has 0 N–H and O–H groups in total. The minimum absolute atomic E-state index is 0.196. The maximum atomic E-state index is 11.4. The molecule has 0 saturated heterocycles. The number of halogens is 1. The maximum Gasteiger partial charge on any atom is 0.358 e. The second-order valence-corrected chi connectivity index (χ2v) is 3.71. The number of rotatable bonds is 3. The van der Waals surface area contributed by atoms with Crippen LogP contribution in [0, 0.1) is 0 Å². The van der Waals surface area contributed by atoms with Crippen molar-refractivity contribution in [1.29, 1.82) is 0 Å². The summed E-state index contributed by atoms with van der Waals surface area (Å²) >= 11 is 5.85. The molecule has 4 nitrogen and oxygen atoms in total. The van der Waals surface area contributed by atoms with Crippen molar-refractivity contribution in [3.8, 4) is 0 Å². The molecule has 0 fully saturated rings. The van der Waals surface area contributed by atoms with Gasteiger partial charge in [-0.2, -0.15) is 0 Å². The van der Waals surface area contributed by atoms with Gasteiger partial charge in [0.05, 0.1) is 6.61 Å². The second kappa shape index (κ2) is 5.07. The lowest BCUT2D eigenvalue weighted by molar-refractivity contribution is 0.0518. The molecule has 1 aromatic rings. The Labute approximate surface area is 93.6 Å². The van der Waals surface area contributed by atoms with Gasteiger partial charge in [-0.15, -0.1) is 10.2 Å². The van der Waals surface area contributed by atoms with E-state index < -0.39 is 5.97 Å². The van der Waals surface area contributed by atoms with Crippen LogP contribution in [-0.4, -0.2) is 22.8 Å². The van der Waals surface area contributed by atoms with E-state index >= 15 is 0 Å². The van der Waals surface area contributed by atoms with Gasteiger partial charge >= 0.3 is 5.97 Å². The summed E-state index contributed by atoms with van der Waals surface area (Å²) in [6.45, 7) is 6.00. The number of aromatic nitrogens is 2. The zero-order chi connectivity index (χ0) is 11.4. The number of esters is 1. The molecule has 5 heteroatoms. The molecule has 1 heterocycles. The van der Waals surface area contributed by atoms with E-state index in [1.54, 1.807) is 13.0 Å². The van der Waals surface area contributed by atoms with Crippen LogP contribution in [-0.2, 0) is 4.74 Å². The third-order valence-corrected chi connectivity index (χ3v) is 2.18. The smallest absolute Gasteiger partial charge is 0.358 e. The Morgan fingerprint density at radius 1 is 1.53 bits per heavy atom. The third-order valence-electron chi connectivity index (χ3n) is 1.88. The molecule has 0 saturated carbocycles. The van der Waals surface area contributed by atoms with Gasteiger partial charge in [-0.3, -0.25) is 0 Å². The van der Waals surface area contributed by atoms with Gasteiger partial charge in [-0.25, -0.2) is 4.79 Å². The third kappa shape index (κ3) is 2.89. The number of hydrogen-bond acceptors (Lipinski definition) is 4. The van der Waals surface area contributed by atoms with Crippen LogP contribution in [0.1, 0.15) is 42.7 Å². The fourth-order valence-corrected chi connectivity index (χ4v) is 1.41. The van der Waals surface area contributed by atoms with Crippen LogP contribution in [0.2, 0.25) is 5.15 Å². The van der Waals surface area contributed by atoms with E-state index in [2.05, 4.69) is 10.2 Å². The first-order chi connectivity index (χ1) is 7.06. The summed E-state index contributed by atoms with van der Waals surface area (Å²) in [4.78, 5) is 11.4. The van der Waals surface area contributed by atoms with E-state index in [9.17, 15) is 4.79 Å². The van der Waals surface area contributed by atoms with E-state index in [0.29, 0.717) is 11.8 Å². The predicted molar refractivity (Wildman–Crippen MR) is 57.1 cm³/mol. The van der Waals surface area contributed by atoms with E-state index in [4.69, 9.17) is 16.3 Å². The maximum absolute atomic E-state index is 11.4. The molecule has 0 aliphatic carbocycles. The summed E-state index contributed by atoms with van der Waals surface area (Å²) in [7, 11) is 0. The highest BCUT2D eigenvalue weighted by atomic mass is 35.5. The molecule has 0 radical (unpaired) electrons. The molecular weight excluding hydrogens is 216 g/mol. The van der Waals surface area contributed by atoms with Crippen molar-refractivity contribution in [3.63, 3.8) is 0 Å². The molecule has 1 aromatic heterocycles. The Bertz CT molecular complexity index is 366. The molecule has 0 spiro atoms. The zero-order valence-electron chi connectivity index (χ0n) is 8.95. The van der Waals surface area contributed by atoms with Crippen LogP contribution in [0.5, 0.6) is 0 Å². The zero-order valence-corrected chi connectivity index (χ0v) is 9.71. The monoisotopic (exact) mass is 228 g/mol. The van der Waals surface area contributed by atoms with Crippen LogP contribution in [0.3, 0.4) is 0 Å². The van der Waals surface area contributed by atoms with Crippen molar-refractivity contribution >= 4 is 17.6 Å². The highest BCUT2D eigenvalue weighted by Gasteiger charge is 2.14. The number of ether oxygens (including phenoxy) is 1. The molecule has 0 bridgehead atoms. The molecule has 1 rings (SSSR count). The average molecular weight is 229 g/mol. The summed E-state index contributed by atoms with van der Waals surface area (Å²) in [5.74, 6) is -0.273. The molecule has 15 heavy (non-hydrogen) atoms. The highest BCUT2D eigenvalue weighted by molar-refractivity contribution is 6.30. The lowest BCUT2D eigenvalue weighted by Crippen LogP contribution is -2.09. The lowest BCUT2D eigenvalue weighted by atomic mass is 10.1. The second-order valence-electron chi connectivity index (χ2n) is 3.35. The first-order valence-electron chi connectivity index (χ1n) is 4.76. The molecule has 0 aliphatic rings. The van der Waals surface area contributed by atoms with Gasteiger partial charge in [-0.1, -0.05) is 25.4 Å². The number of hydrogen-bond donors (Lipinski definition) is 0. The highest BCUT2D eigenvalue weighted by Crippen LogP contribution is 2.21. The van der Waals surface area contributed by atoms with Crippen LogP contribution in [0.25, 0.3) is 0 Å². The van der Waals surface area contributed by atoms with Crippen molar-refractivity contribution < 1.29 is 9.53 Å². The topological polar surface area (TPSA) is 52.1 Å². The molecule has 82 valence electrons. The number of nitrogens with zero attached hydrogens (tertiary/aromatic N) is 2. The SMILES string of the molecule is CCOC(=O)c1cc(C(C)C)c(Cl)nn1. The molecule has 0 aromatic carbocycles. The molecule has 0 aliphatic heterocycles. The minimum Gasteiger partial charge on any atom is -0.461 e. The summed E-state index contributed by atoms with van der Waals surface area (Å²) in [6, 6.07) is 1.62. The van der Waals surface area contributed by atoms with Crippen LogP contribution in [0.15, 0.2) is 6.07 Å². The number of carbonyl (C=O) groups is 1. The van der Waals surface area contributed by atoms with E-state index in [-0.39, 0.29) is 11.6 Å². The average Bonchev–Trinajstić information content (AvgIpc) is 2.18. The van der Waals surface area contributed by atoms with Gasteiger partial charge in [0.2, 0.25) is 0 Å². The molecule has 0 unspecified atom stereocenters. The normalized spacial score (nSPS) is 10.5. The minimum atomic E-state index is -0.469. The van der Waals surface area contributed by atoms with Crippen molar-refractivity contribution in [2.24, 2.45) is 0 Å². The van der Waals surface area contributed by atoms with Gasteiger partial charge in [-0.05, 0) is 24.5 Å². The summed E-state index contributed by atoms with van der Waals surface area (Å²) in [6.07, 6.45) is 0. The Kier molecular flexibility index (Phi) is 4.03. The van der Waals surface area contributed by atoms with Crippen LogP contribution >= 0.6 is 11.6 Å². The van der Waals surface area contributed by atoms with Gasteiger partial charge in [0.1, 0.15) is 0 Å². The van der Waals surface area contributed by atoms with Gasteiger partial charge in [0.15, 0.2) is 10.8 Å². The first kappa shape index (κ1) is 11.9. The Hall–Kier alpha value is -1.16. The van der Waals surface area contributed by atoms with Crippen molar-refractivity contribution in [1.82, 2.24) is 10.2 Å². The van der Waals surface area contributed by atoms with E-state index in [0.717, 1.165) is 5.56 Å². The van der Waals surface area contributed by atoms with Gasteiger partial charge in [0.25, 0.3) is 0 Å². The Morgan fingerprint density at radius 3 is 2.73 bits per heavy atom. The summed E-state index contributed by atoms with van der Waals surface area (Å²) < 4.78 is 4.82. The van der Waals surface area contributed by atoms with Crippen molar-refractivity contribution in [2.45, 2.75) is 26.7 Å². The predicted octanol–water partition coefficient (Wildman–Crippen LogP) is 2.43. The first-order valence-corrected chi connectivity index (χ1v) is 5.14. The summed E-state index contributed by atoms with van der Waals surface area (Å²) in [5.41, 5.74) is 1.000. The van der Waals surface area contributed by atoms with Gasteiger partial charge in [0, 0.05) is 0 Å². The number of carbonyl (C=O) groups excluding carboxylic acids is 1. The lowest BCUT2D eigenvalue weighted by Gasteiger charge is -2.07. The quantitative estimate of drug-likeness (QED) is 0.746. The van der Waals surface area contributed by atoms with Crippen molar-refractivity contribution in [3.05, 3.63) is 22.5 Å².